The van der Waals surface area contributed by atoms with Crippen molar-refractivity contribution in [3.8, 4) is 0 Å². The van der Waals surface area contributed by atoms with Gasteiger partial charge in [-0.3, -0.25) is 9.58 Å². The van der Waals surface area contributed by atoms with Gasteiger partial charge in [-0.05, 0) is 79.6 Å². The summed E-state index contributed by atoms with van der Waals surface area (Å²) >= 11 is 0. The van der Waals surface area contributed by atoms with Gasteiger partial charge in [-0.25, -0.2) is 0 Å². The Morgan fingerprint density at radius 3 is 2.36 bits per heavy atom. The number of rotatable bonds is 8. The fraction of sp³-hybridized carbons (Fsp3) is 0.640. The van der Waals surface area contributed by atoms with Gasteiger partial charge in [-0.1, -0.05) is 51.0 Å². The SMILES string of the molecule is CCCC1CC(c2ccc(CN3CCC(Cn4cc(CC)cn4)CC3)cc2)C1. The minimum Gasteiger partial charge on any atom is -0.299 e. The van der Waals surface area contributed by atoms with Crippen LogP contribution in [0.25, 0.3) is 0 Å². The number of aromatic nitrogens is 2. The summed E-state index contributed by atoms with van der Waals surface area (Å²) in [5.41, 5.74) is 4.40. The molecule has 3 heteroatoms. The predicted molar refractivity (Wildman–Crippen MR) is 116 cm³/mol. The monoisotopic (exact) mass is 379 g/mol. The molecule has 0 radical (unpaired) electrons. The van der Waals surface area contributed by atoms with E-state index in [1.54, 1.807) is 5.56 Å². The summed E-state index contributed by atoms with van der Waals surface area (Å²) < 4.78 is 2.16. The highest BCUT2D eigenvalue weighted by Gasteiger charge is 2.29. The van der Waals surface area contributed by atoms with Gasteiger partial charge in [0.25, 0.3) is 0 Å². The van der Waals surface area contributed by atoms with E-state index in [0.29, 0.717) is 0 Å². The van der Waals surface area contributed by atoms with Gasteiger partial charge in [-0.2, -0.15) is 5.10 Å². The van der Waals surface area contributed by atoms with Crippen LogP contribution in [0.5, 0.6) is 0 Å². The van der Waals surface area contributed by atoms with Gasteiger partial charge in [-0.15, -0.1) is 0 Å². The molecule has 2 heterocycles. The molecule has 152 valence electrons. The lowest BCUT2D eigenvalue weighted by molar-refractivity contribution is 0.164. The lowest BCUT2D eigenvalue weighted by Gasteiger charge is -2.36. The van der Waals surface area contributed by atoms with Crippen molar-refractivity contribution in [3.63, 3.8) is 0 Å². The number of benzene rings is 1. The molecule has 28 heavy (non-hydrogen) atoms. The Kier molecular flexibility index (Phi) is 6.51. The van der Waals surface area contributed by atoms with Crippen LogP contribution in [0.1, 0.15) is 75.0 Å². The van der Waals surface area contributed by atoms with Gasteiger partial charge < -0.3 is 0 Å². The van der Waals surface area contributed by atoms with E-state index < -0.39 is 0 Å². The molecule has 2 aliphatic rings. The second-order valence-corrected chi connectivity index (χ2v) is 9.21. The number of aryl methyl sites for hydroxylation is 1. The summed E-state index contributed by atoms with van der Waals surface area (Å²) in [4.78, 5) is 2.63. The summed E-state index contributed by atoms with van der Waals surface area (Å²) in [7, 11) is 0. The standard InChI is InChI=1S/C25H37N3/c1-3-5-23-14-25(15-23)24-8-6-21(7-9-24)17-27-12-10-22(11-13-27)19-28-18-20(4-2)16-26-28/h6-9,16,18,22-23,25H,3-5,10-15,17,19H2,1-2H3. The van der Waals surface area contributed by atoms with Crippen LogP contribution in [-0.4, -0.2) is 27.8 Å². The van der Waals surface area contributed by atoms with Crippen LogP contribution in [0, 0.1) is 11.8 Å². The van der Waals surface area contributed by atoms with Crippen LogP contribution in [0.15, 0.2) is 36.7 Å². The lowest BCUT2D eigenvalue weighted by atomic mass is 9.70. The Labute approximate surface area is 171 Å². The Bertz CT molecular complexity index is 719. The van der Waals surface area contributed by atoms with Gasteiger partial charge in [0.1, 0.15) is 0 Å². The zero-order valence-corrected chi connectivity index (χ0v) is 17.8. The molecular formula is C25H37N3. The molecular weight excluding hydrogens is 342 g/mol. The Morgan fingerprint density at radius 1 is 0.964 bits per heavy atom. The number of likely N-dealkylation sites (tertiary alicyclic amines) is 1. The largest absolute Gasteiger partial charge is 0.299 e. The van der Waals surface area contributed by atoms with E-state index in [1.165, 1.54) is 62.7 Å². The molecule has 1 saturated heterocycles. The molecule has 1 aliphatic heterocycles. The van der Waals surface area contributed by atoms with Crippen molar-refractivity contribution in [1.29, 1.82) is 0 Å². The van der Waals surface area contributed by atoms with Gasteiger partial charge in [0.2, 0.25) is 0 Å². The van der Waals surface area contributed by atoms with E-state index in [4.69, 9.17) is 0 Å². The van der Waals surface area contributed by atoms with Crippen LogP contribution in [0.4, 0.5) is 0 Å². The zero-order chi connectivity index (χ0) is 19.3. The maximum absolute atomic E-state index is 4.52. The summed E-state index contributed by atoms with van der Waals surface area (Å²) in [5.74, 6) is 2.60. The molecule has 1 aliphatic carbocycles. The van der Waals surface area contributed by atoms with Crippen LogP contribution < -0.4 is 0 Å². The molecule has 0 atom stereocenters. The fourth-order valence-corrected chi connectivity index (χ4v) is 5.09. The molecule has 1 aromatic carbocycles. The Morgan fingerprint density at radius 2 is 1.71 bits per heavy atom. The van der Waals surface area contributed by atoms with E-state index in [2.05, 4.69) is 59.0 Å². The average molecular weight is 380 g/mol. The second-order valence-electron chi connectivity index (χ2n) is 9.21. The highest BCUT2D eigenvalue weighted by atomic mass is 15.3. The first-order valence-corrected chi connectivity index (χ1v) is 11.6. The third kappa shape index (κ3) is 4.86. The van der Waals surface area contributed by atoms with Crippen molar-refractivity contribution in [2.24, 2.45) is 11.8 Å². The van der Waals surface area contributed by atoms with E-state index in [9.17, 15) is 0 Å². The van der Waals surface area contributed by atoms with Crippen LogP contribution in [0.2, 0.25) is 0 Å². The maximum atomic E-state index is 4.52. The molecule has 0 unspecified atom stereocenters. The topological polar surface area (TPSA) is 21.1 Å². The minimum absolute atomic E-state index is 0.776. The molecule has 0 N–H and O–H groups in total. The third-order valence-electron chi connectivity index (χ3n) is 7.04. The number of hydrogen-bond donors (Lipinski definition) is 0. The molecule has 0 spiro atoms. The van der Waals surface area contributed by atoms with Crippen molar-refractivity contribution < 1.29 is 0 Å². The first-order chi connectivity index (χ1) is 13.7. The van der Waals surface area contributed by atoms with Crippen LogP contribution in [0.3, 0.4) is 0 Å². The third-order valence-corrected chi connectivity index (χ3v) is 7.04. The number of piperidine rings is 1. The van der Waals surface area contributed by atoms with Crippen molar-refractivity contribution in [2.75, 3.05) is 13.1 Å². The van der Waals surface area contributed by atoms with E-state index in [-0.39, 0.29) is 0 Å². The molecule has 2 aromatic rings. The molecule has 2 fully saturated rings. The lowest BCUT2D eigenvalue weighted by Crippen LogP contribution is -2.34. The zero-order valence-electron chi connectivity index (χ0n) is 17.8. The predicted octanol–water partition coefficient (Wildman–Crippen LogP) is 5.65. The number of nitrogens with zero attached hydrogens (tertiary/aromatic N) is 3. The quantitative estimate of drug-likeness (QED) is 0.591. The molecule has 3 nitrogen and oxygen atoms in total. The van der Waals surface area contributed by atoms with Crippen LogP contribution >= 0.6 is 0 Å². The average Bonchev–Trinajstić information content (AvgIpc) is 3.14. The summed E-state index contributed by atoms with van der Waals surface area (Å²) in [5, 5.41) is 4.52. The molecule has 0 bridgehead atoms. The van der Waals surface area contributed by atoms with Crippen molar-refractivity contribution in [2.45, 2.75) is 77.8 Å². The maximum Gasteiger partial charge on any atom is 0.0521 e. The fourth-order valence-electron chi connectivity index (χ4n) is 5.09. The van der Waals surface area contributed by atoms with Gasteiger partial charge in [0, 0.05) is 19.3 Å². The first kappa shape index (κ1) is 19.7. The first-order valence-electron chi connectivity index (χ1n) is 11.6. The second kappa shape index (κ2) is 9.26. The Hall–Kier alpha value is -1.61. The van der Waals surface area contributed by atoms with Crippen molar-refractivity contribution >= 4 is 0 Å². The Balaban J connectivity index is 1.20. The van der Waals surface area contributed by atoms with Gasteiger partial charge in [0.15, 0.2) is 0 Å². The van der Waals surface area contributed by atoms with Crippen molar-refractivity contribution in [3.05, 3.63) is 53.3 Å². The molecule has 1 saturated carbocycles. The number of hydrogen-bond acceptors (Lipinski definition) is 2. The summed E-state index contributed by atoms with van der Waals surface area (Å²) in [6.45, 7) is 9.14. The van der Waals surface area contributed by atoms with E-state index in [0.717, 1.165) is 37.3 Å². The van der Waals surface area contributed by atoms with Crippen LogP contribution in [-0.2, 0) is 19.5 Å². The van der Waals surface area contributed by atoms with Crippen molar-refractivity contribution in [1.82, 2.24) is 14.7 Å². The highest BCUT2D eigenvalue weighted by Crippen LogP contribution is 2.43. The molecule has 1 aromatic heterocycles. The normalized spacial score (nSPS) is 23.6. The highest BCUT2D eigenvalue weighted by molar-refractivity contribution is 5.27. The summed E-state index contributed by atoms with van der Waals surface area (Å²) in [6, 6.07) is 9.56. The van der Waals surface area contributed by atoms with E-state index >= 15 is 0 Å². The van der Waals surface area contributed by atoms with Gasteiger partial charge >= 0.3 is 0 Å². The smallest absolute Gasteiger partial charge is 0.0521 e. The molecule has 4 rings (SSSR count). The van der Waals surface area contributed by atoms with Gasteiger partial charge in [0.05, 0.1) is 6.20 Å². The minimum atomic E-state index is 0.776. The molecule has 0 amide bonds. The van der Waals surface area contributed by atoms with E-state index in [1.807, 2.05) is 6.20 Å². The summed E-state index contributed by atoms with van der Waals surface area (Å²) in [6.07, 6.45) is 13.5.